The van der Waals surface area contributed by atoms with E-state index in [0.29, 0.717) is 39.8 Å². The third-order valence-corrected chi connectivity index (χ3v) is 7.15. The molecule has 6 rings (SSSR count). The summed E-state index contributed by atoms with van der Waals surface area (Å²) in [6, 6.07) is 22.6. The molecule has 0 spiro atoms. The fraction of sp³-hybridized carbons (Fsp3) is 0.154. The summed E-state index contributed by atoms with van der Waals surface area (Å²) in [4.78, 5) is 28.4. The summed E-state index contributed by atoms with van der Waals surface area (Å²) in [5.41, 5.74) is 3.33. The lowest BCUT2D eigenvalue weighted by atomic mass is 10.2. The Bertz CT molecular complexity index is 1640. The molecule has 0 bridgehead atoms. The average Bonchev–Trinajstić information content (AvgIpc) is 3.52. The van der Waals surface area contributed by atoms with E-state index in [1.807, 2.05) is 57.8 Å². The first-order chi connectivity index (χ1) is 17.2. The van der Waals surface area contributed by atoms with Gasteiger partial charge < -0.3 is 9.64 Å². The largest absolute Gasteiger partial charge is 0.497 e. The molecule has 0 aliphatic carbocycles. The summed E-state index contributed by atoms with van der Waals surface area (Å²) in [6.07, 6.45) is 0.860. The van der Waals surface area contributed by atoms with Crippen LogP contribution in [0.15, 0.2) is 82.7 Å². The minimum atomic E-state index is -0.188. The van der Waals surface area contributed by atoms with Crippen LogP contribution in [0.4, 0.5) is 5.69 Å². The lowest BCUT2D eigenvalue weighted by Gasteiger charge is -2.17. The van der Waals surface area contributed by atoms with Crippen molar-refractivity contribution in [2.75, 3.05) is 24.3 Å². The highest BCUT2D eigenvalue weighted by molar-refractivity contribution is 7.99. The van der Waals surface area contributed by atoms with Gasteiger partial charge in [0.1, 0.15) is 5.75 Å². The van der Waals surface area contributed by atoms with Gasteiger partial charge in [-0.05, 0) is 54.4 Å². The number of para-hydroxylation sites is 2. The normalized spacial score (nSPS) is 12.9. The van der Waals surface area contributed by atoms with Crippen LogP contribution in [0.1, 0.15) is 5.56 Å². The Kier molecular flexibility index (Phi) is 5.26. The monoisotopic (exact) mass is 483 g/mol. The van der Waals surface area contributed by atoms with Gasteiger partial charge in [-0.25, -0.2) is 4.57 Å². The molecule has 0 saturated carbocycles. The van der Waals surface area contributed by atoms with E-state index in [-0.39, 0.29) is 17.2 Å². The van der Waals surface area contributed by atoms with Crippen molar-refractivity contribution < 1.29 is 9.53 Å². The van der Waals surface area contributed by atoms with Gasteiger partial charge in [-0.3, -0.25) is 14.0 Å². The summed E-state index contributed by atoms with van der Waals surface area (Å²) >= 11 is 1.32. The summed E-state index contributed by atoms with van der Waals surface area (Å²) in [7, 11) is 1.60. The molecule has 1 aliphatic heterocycles. The SMILES string of the molecule is COc1ccc(-n2c(=O)c3ccccc3n3c(SCC(=O)N4CCc5ccccc54)nnc23)cc1. The molecule has 0 unspecified atom stereocenters. The van der Waals surface area contributed by atoms with Crippen molar-refractivity contribution in [1.29, 1.82) is 0 Å². The van der Waals surface area contributed by atoms with Gasteiger partial charge in [-0.15, -0.1) is 10.2 Å². The number of thioether (sulfide) groups is 1. The van der Waals surface area contributed by atoms with Crippen LogP contribution in [0, 0.1) is 0 Å². The first-order valence-corrected chi connectivity index (χ1v) is 12.2. The van der Waals surface area contributed by atoms with Crippen LogP contribution in [0.5, 0.6) is 5.75 Å². The number of ether oxygens (including phenoxy) is 1. The van der Waals surface area contributed by atoms with Crippen LogP contribution in [0.25, 0.3) is 22.4 Å². The van der Waals surface area contributed by atoms with E-state index in [4.69, 9.17) is 4.74 Å². The quantitative estimate of drug-likeness (QED) is 0.355. The molecule has 174 valence electrons. The zero-order chi connectivity index (χ0) is 23.9. The Morgan fingerprint density at radius 2 is 1.77 bits per heavy atom. The van der Waals surface area contributed by atoms with Crippen LogP contribution in [0.3, 0.4) is 0 Å². The number of anilines is 1. The third kappa shape index (κ3) is 3.55. The van der Waals surface area contributed by atoms with Gasteiger partial charge in [0.05, 0.1) is 29.5 Å². The Morgan fingerprint density at radius 3 is 2.60 bits per heavy atom. The average molecular weight is 484 g/mol. The summed E-state index contributed by atoms with van der Waals surface area (Å²) < 4.78 is 8.64. The van der Waals surface area contributed by atoms with E-state index in [9.17, 15) is 9.59 Å². The van der Waals surface area contributed by atoms with Gasteiger partial charge in [0.2, 0.25) is 11.7 Å². The van der Waals surface area contributed by atoms with Crippen molar-refractivity contribution >= 4 is 40.0 Å². The van der Waals surface area contributed by atoms with Crippen LogP contribution in [0.2, 0.25) is 0 Å². The van der Waals surface area contributed by atoms with Crippen LogP contribution >= 0.6 is 11.8 Å². The van der Waals surface area contributed by atoms with E-state index in [2.05, 4.69) is 16.3 Å². The maximum atomic E-state index is 13.4. The molecule has 0 saturated heterocycles. The minimum Gasteiger partial charge on any atom is -0.497 e. The van der Waals surface area contributed by atoms with Crippen LogP contribution in [-0.4, -0.2) is 44.5 Å². The molecule has 3 aromatic carbocycles. The molecule has 3 heterocycles. The number of fused-ring (bicyclic) bond motifs is 4. The fourth-order valence-corrected chi connectivity index (χ4v) is 5.35. The Hall–Kier alpha value is -4.11. The van der Waals surface area contributed by atoms with Crippen molar-refractivity contribution in [3.63, 3.8) is 0 Å². The zero-order valence-electron chi connectivity index (χ0n) is 18.9. The van der Waals surface area contributed by atoms with Crippen molar-refractivity contribution in [3.05, 3.63) is 88.7 Å². The number of hydrogen-bond donors (Lipinski definition) is 0. The summed E-state index contributed by atoms with van der Waals surface area (Å²) in [5.74, 6) is 1.31. The van der Waals surface area contributed by atoms with E-state index < -0.39 is 0 Å². The zero-order valence-corrected chi connectivity index (χ0v) is 19.7. The second-order valence-electron chi connectivity index (χ2n) is 8.19. The molecule has 8 nitrogen and oxygen atoms in total. The van der Waals surface area contributed by atoms with Gasteiger partial charge in [0.25, 0.3) is 5.56 Å². The molecule has 0 atom stereocenters. The number of aromatic nitrogens is 4. The molecule has 2 aromatic heterocycles. The number of nitrogens with zero attached hydrogens (tertiary/aromatic N) is 5. The predicted octanol–water partition coefficient (Wildman–Crippen LogP) is 3.72. The predicted molar refractivity (Wildman–Crippen MR) is 136 cm³/mol. The molecular formula is C26H21N5O3S. The number of benzene rings is 3. The molecule has 1 amide bonds. The standard InChI is InChI=1S/C26H21N5O3S/c1-34-19-12-10-18(11-13-19)30-24(33)20-7-3-5-9-22(20)31-25(30)27-28-26(31)35-16-23(32)29-15-14-17-6-2-4-8-21(17)29/h2-13H,14-16H2,1H3. The summed E-state index contributed by atoms with van der Waals surface area (Å²) in [6.45, 7) is 0.680. The minimum absolute atomic E-state index is 0.0180. The smallest absolute Gasteiger partial charge is 0.267 e. The lowest BCUT2D eigenvalue weighted by molar-refractivity contribution is -0.116. The number of carbonyl (C=O) groups is 1. The number of methoxy groups -OCH3 is 1. The van der Waals surface area contributed by atoms with Crippen molar-refractivity contribution in [2.24, 2.45) is 0 Å². The van der Waals surface area contributed by atoms with E-state index in [1.165, 1.54) is 21.9 Å². The maximum absolute atomic E-state index is 13.4. The highest BCUT2D eigenvalue weighted by Gasteiger charge is 2.25. The molecular weight excluding hydrogens is 462 g/mol. The molecule has 0 N–H and O–H groups in total. The topological polar surface area (TPSA) is 81.7 Å². The second-order valence-corrected chi connectivity index (χ2v) is 9.13. The van der Waals surface area contributed by atoms with Gasteiger partial charge in [0, 0.05) is 12.2 Å². The fourth-order valence-electron chi connectivity index (χ4n) is 4.54. The highest BCUT2D eigenvalue weighted by atomic mass is 32.2. The molecule has 5 aromatic rings. The van der Waals surface area contributed by atoms with E-state index in [1.54, 1.807) is 25.3 Å². The van der Waals surface area contributed by atoms with Gasteiger partial charge in [-0.2, -0.15) is 0 Å². The van der Waals surface area contributed by atoms with Crippen LogP contribution in [-0.2, 0) is 11.2 Å². The maximum Gasteiger partial charge on any atom is 0.267 e. The Morgan fingerprint density at radius 1 is 1.00 bits per heavy atom. The number of carbonyl (C=O) groups excluding carboxylic acids is 1. The van der Waals surface area contributed by atoms with E-state index in [0.717, 1.165) is 12.1 Å². The van der Waals surface area contributed by atoms with Gasteiger partial charge in [0.15, 0.2) is 5.16 Å². The van der Waals surface area contributed by atoms with Crippen molar-refractivity contribution in [1.82, 2.24) is 19.2 Å². The van der Waals surface area contributed by atoms with Crippen molar-refractivity contribution in [3.8, 4) is 11.4 Å². The Labute approximate surface area is 204 Å². The first kappa shape index (κ1) is 21.4. The van der Waals surface area contributed by atoms with Gasteiger partial charge in [-0.1, -0.05) is 42.1 Å². The number of hydrogen-bond acceptors (Lipinski definition) is 6. The molecule has 35 heavy (non-hydrogen) atoms. The molecule has 0 fully saturated rings. The van der Waals surface area contributed by atoms with Crippen molar-refractivity contribution in [2.45, 2.75) is 11.6 Å². The lowest BCUT2D eigenvalue weighted by Crippen LogP contribution is -2.30. The van der Waals surface area contributed by atoms with Crippen LogP contribution < -0.4 is 15.2 Å². The summed E-state index contributed by atoms with van der Waals surface area (Å²) in [5, 5.41) is 9.82. The molecule has 1 aliphatic rings. The Balaban J connectivity index is 1.41. The molecule has 0 radical (unpaired) electrons. The first-order valence-electron chi connectivity index (χ1n) is 11.2. The second kappa shape index (κ2) is 8.59. The highest BCUT2D eigenvalue weighted by Crippen LogP contribution is 2.29. The number of amides is 1. The van der Waals surface area contributed by atoms with E-state index >= 15 is 0 Å². The third-order valence-electron chi connectivity index (χ3n) is 6.24. The van der Waals surface area contributed by atoms with Gasteiger partial charge >= 0.3 is 0 Å². The number of rotatable bonds is 5. The molecule has 9 heteroatoms.